The second-order valence-corrected chi connectivity index (χ2v) is 4.05. The third-order valence-electron chi connectivity index (χ3n) is 2.57. The molecule has 0 saturated carbocycles. The van der Waals surface area contributed by atoms with Gasteiger partial charge in [0.1, 0.15) is 17.7 Å². The summed E-state index contributed by atoms with van der Waals surface area (Å²) in [7, 11) is 0. The summed E-state index contributed by atoms with van der Waals surface area (Å²) in [5.74, 6) is -1.05. The fourth-order valence-electron chi connectivity index (χ4n) is 1.59. The summed E-state index contributed by atoms with van der Waals surface area (Å²) in [5, 5.41) is 13.2. The SMILES string of the molecule is NCC[C@H](O)c1nc(Cc2ccc(F)cc2F)no1. The van der Waals surface area contributed by atoms with Gasteiger partial charge >= 0.3 is 0 Å². The van der Waals surface area contributed by atoms with Gasteiger partial charge in [-0.1, -0.05) is 11.2 Å². The van der Waals surface area contributed by atoms with Crippen LogP contribution in [0, 0.1) is 11.6 Å². The number of aliphatic hydroxyl groups is 1. The predicted molar refractivity (Wildman–Crippen MR) is 62.1 cm³/mol. The minimum Gasteiger partial charge on any atom is -0.383 e. The van der Waals surface area contributed by atoms with Crippen LogP contribution in [0.4, 0.5) is 8.78 Å². The van der Waals surface area contributed by atoms with Crippen LogP contribution < -0.4 is 5.73 Å². The molecule has 0 amide bonds. The van der Waals surface area contributed by atoms with Crippen molar-refractivity contribution in [1.29, 1.82) is 0 Å². The van der Waals surface area contributed by atoms with Gasteiger partial charge in [0, 0.05) is 12.5 Å². The molecule has 0 radical (unpaired) electrons. The first-order valence-corrected chi connectivity index (χ1v) is 5.74. The summed E-state index contributed by atoms with van der Waals surface area (Å²) in [4.78, 5) is 3.94. The topological polar surface area (TPSA) is 85.2 Å². The van der Waals surface area contributed by atoms with Gasteiger partial charge in [-0.05, 0) is 24.6 Å². The van der Waals surface area contributed by atoms with E-state index in [1.54, 1.807) is 0 Å². The standard InChI is InChI=1S/C12H13F2N3O2/c13-8-2-1-7(9(14)6-8)5-11-16-12(19-17-11)10(18)3-4-15/h1-2,6,10,18H,3-5,15H2/t10-/m0/s1. The van der Waals surface area contributed by atoms with Gasteiger partial charge in [-0.15, -0.1) is 0 Å². The molecule has 1 atom stereocenters. The number of nitrogens with two attached hydrogens (primary N) is 1. The van der Waals surface area contributed by atoms with Gasteiger partial charge < -0.3 is 15.4 Å². The smallest absolute Gasteiger partial charge is 0.255 e. The summed E-state index contributed by atoms with van der Waals surface area (Å²) >= 11 is 0. The summed E-state index contributed by atoms with van der Waals surface area (Å²) in [6, 6.07) is 3.26. The van der Waals surface area contributed by atoms with E-state index in [1.165, 1.54) is 6.07 Å². The molecule has 0 unspecified atom stereocenters. The third-order valence-corrected chi connectivity index (χ3v) is 2.57. The molecule has 0 saturated heterocycles. The van der Waals surface area contributed by atoms with Gasteiger partial charge in [-0.25, -0.2) is 8.78 Å². The summed E-state index contributed by atoms with van der Waals surface area (Å²) < 4.78 is 31.0. The Morgan fingerprint density at radius 2 is 2.16 bits per heavy atom. The molecule has 0 aliphatic heterocycles. The molecule has 1 aromatic carbocycles. The molecular formula is C12H13F2N3O2. The number of benzene rings is 1. The van der Waals surface area contributed by atoms with Crippen molar-refractivity contribution >= 4 is 0 Å². The monoisotopic (exact) mass is 269 g/mol. The van der Waals surface area contributed by atoms with Crippen molar-refractivity contribution < 1.29 is 18.4 Å². The van der Waals surface area contributed by atoms with Gasteiger partial charge in [0.05, 0.1) is 0 Å². The number of halogens is 2. The summed E-state index contributed by atoms with van der Waals surface area (Å²) in [6.07, 6.45) is -0.568. The molecule has 5 nitrogen and oxygen atoms in total. The molecule has 2 rings (SSSR count). The van der Waals surface area contributed by atoms with E-state index < -0.39 is 17.7 Å². The first kappa shape index (κ1) is 13.6. The van der Waals surface area contributed by atoms with Gasteiger partial charge in [-0.3, -0.25) is 0 Å². The summed E-state index contributed by atoms with van der Waals surface area (Å²) in [6.45, 7) is 0.283. The Kier molecular flexibility index (Phi) is 4.18. The van der Waals surface area contributed by atoms with Crippen molar-refractivity contribution in [3.8, 4) is 0 Å². The molecule has 3 N–H and O–H groups in total. The van der Waals surface area contributed by atoms with E-state index in [4.69, 9.17) is 10.3 Å². The highest BCUT2D eigenvalue weighted by Crippen LogP contribution is 2.16. The minimum atomic E-state index is -0.927. The van der Waals surface area contributed by atoms with E-state index in [-0.39, 0.29) is 30.2 Å². The Labute approximate surface area is 108 Å². The maximum atomic E-state index is 13.4. The van der Waals surface area contributed by atoms with E-state index >= 15 is 0 Å². The number of hydrogen-bond donors (Lipinski definition) is 2. The van der Waals surface area contributed by atoms with Crippen molar-refractivity contribution in [2.75, 3.05) is 6.54 Å². The van der Waals surface area contributed by atoms with E-state index in [9.17, 15) is 13.9 Å². The zero-order chi connectivity index (χ0) is 13.8. The lowest BCUT2D eigenvalue weighted by molar-refractivity contribution is 0.127. The normalized spacial score (nSPS) is 12.6. The van der Waals surface area contributed by atoms with Crippen LogP contribution in [0.25, 0.3) is 0 Å². The van der Waals surface area contributed by atoms with E-state index in [1.807, 2.05) is 0 Å². The van der Waals surface area contributed by atoms with Crippen LogP contribution in [0.15, 0.2) is 22.7 Å². The highest BCUT2D eigenvalue weighted by atomic mass is 19.1. The second kappa shape index (κ2) is 5.85. The molecule has 7 heteroatoms. The molecule has 0 fully saturated rings. The lowest BCUT2D eigenvalue weighted by Crippen LogP contribution is -2.07. The van der Waals surface area contributed by atoms with Crippen molar-refractivity contribution in [3.63, 3.8) is 0 Å². The molecule has 0 bridgehead atoms. The first-order valence-electron chi connectivity index (χ1n) is 5.74. The molecule has 1 aromatic heterocycles. The van der Waals surface area contributed by atoms with Crippen LogP contribution in [-0.2, 0) is 6.42 Å². The van der Waals surface area contributed by atoms with E-state index in [0.717, 1.165) is 12.1 Å². The molecule has 0 aliphatic rings. The third kappa shape index (κ3) is 3.33. The number of aliphatic hydroxyl groups excluding tert-OH is 1. The van der Waals surface area contributed by atoms with Crippen LogP contribution in [0.5, 0.6) is 0 Å². The van der Waals surface area contributed by atoms with Crippen molar-refractivity contribution in [3.05, 3.63) is 47.1 Å². The predicted octanol–water partition coefficient (Wildman–Crippen LogP) is 1.32. The van der Waals surface area contributed by atoms with E-state index in [0.29, 0.717) is 6.42 Å². The minimum absolute atomic E-state index is 0.0444. The van der Waals surface area contributed by atoms with Crippen LogP contribution >= 0.6 is 0 Å². The van der Waals surface area contributed by atoms with Crippen LogP contribution in [-0.4, -0.2) is 21.8 Å². The lowest BCUT2D eigenvalue weighted by atomic mass is 10.1. The number of hydrogen-bond acceptors (Lipinski definition) is 5. The quantitative estimate of drug-likeness (QED) is 0.855. The maximum Gasteiger partial charge on any atom is 0.255 e. The fraction of sp³-hybridized carbons (Fsp3) is 0.333. The second-order valence-electron chi connectivity index (χ2n) is 4.05. The van der Waals surface area contributed by atoms with Crippen LogP contribution in [0.3, 0.4) is 0 Å². The zero-order valence-electron chi connectivity index (χ0n) is 10.0. The molecule has 19 heavy (non-hydrogen) atoms. The van der Waals surface area contributed by atoms with Gasteiger partial charge in [0.15, 0.2) is 5.82 Å². The van der Waals surface area contributed by atoms with Gasteiger partial charge in [0.25, 0.3) is 5.89 Å². The lowest BCUT2D eigenvalue weighted by Gasteiger charge is -2.01. The average Bonchev–Trinajstić information content (AvgIpc) is 2.82. The number of rotatable bonds is 5. The highest BCUT2D eigenvalue weighted by Gasteiger charge is 2.16. The molecule has 0 spiro atoms. The Morgan fingerprint density at radius 1 is 1.37 bits per heavy atom. The van der Waals surface area contributed by atoms with Crippen molar-refractivity contribution in [1.82, 2.24) is 10.1 Å². The van der Waals surface area contributed by atoms with E-state index in [2.05, 4.69) is 10.1 Å². The Morgan fingerprint density at radius 3 is 2.84 bits per heavy atom. The van der Waals surface area contributed by atoms with Gasteiger partial charge in [-0.2, -0.15) is 4.98 Å². The average molecular weight is 269 g/mol. The van der Waals surface area contributed by atoms with Gasteiger partial charge in [0.2, 0.25) is 0 Å². The Bertz CT molecular complexity index is 560. The first-order chi connectivity index (χ1) is 9.10. The summed E-state index contributed by atoms with van der Waals surface area (Å²) in [5.41, 5.74) is 5.55. The molecule has 2 aromatic rings. The van der Waals surface area contributed by atoms with Crippen LogP contribution in [0.1, 0.15) is 29.8 Å². The largest absolute Gasteiger partial charge is 0.383 e. The molecular weight excluding hydrogens is 256 g/mol. The van der Waals surface area contributed by atoms with Crippen molar-refractivity contribution in [2.24, 2.45) is 5.73 Å². The number of nitrogens with zero attached hydrogens (tertiary/aromatic N) is 2. The molecule has 0 aliphatic carbocycles. The Balaban J connectivity index is 2.11. The highest BCUT2D eigenvalue weighted by molar-refractivity contribution is 5.21. The maximum absolute atomic E-state index is 13.4. The fourth-order valence-corrected chi connectivity index (χ4v) is 1.59. The molecule has 102 valence electrons. The Hall–Kier alpha value is -1.86. The zero-order valence-corrected chi connectivity index (χ0v) is 10.0. The van der Waals surface area contributed by atoms with Crippen LogP contribution in [0.2, 0.25) is 0 Å². The molecule has 1 heterocycles. The van der Waals surface area contributed by atoms with Crippen molar-refractivity contribution in [2.45, 2.75) is 18.9 Å². The number of aromatic nitrogens is 2.